The lowest BCUT2D eigenvalue weighted by Crippen LogP contribution is -2.49. The lowest BCUT2D eigenvalue weighted by molar-refractivity contribution is -0.0140. The predicted octanol–water partition coefficient (Wildman–Crippen LogP) is 1.55. The van der Waals surface area contributed by atoms with Crippen molar-refractivity contribution < 1.29 is 19.4 Å². The van der Waals surface area contributed by atoms with E-state index in [1.807, 2.05) is 37.4 Å². The zero-order valence-electron chi connectivity index (χ0n) is 16.9. The van der Waals surface area contributed by atoms with Crippen molar-refractivity contribution in [1.29, 1.82) is 0 Å². The van der Waals surface area contributed by atoms with Crippen molar-refractivity contribution in [2.45, 2.75) is 31.4 Å². The first-order valence-electron chi connectivity index (χ1n) is 9.98. The average Bonchev–Trinajstić information content (AvgIpc) is 3.11. The third-order valence-corrected chi connectivity index (χ3v) is 5.68. The highest BCUT2D eigenvalue weighted by atomic mass is 16.5. The Bertz CT molecular complexity index is 884. The molecule has 154 valence electrons. The summed E-state index contributed by atoms with van der Waals surface area (Å²) in [6.45, 7) is 1.72. The molecule has 1 saturated heterocycles. The van der Waals surface area contributed by atoms with Crippen LogP contribution in [-0.4, -0.2) is 62.1 Å². The van der Waals surface area contributed by atoms with Crippen molar-refractivity contribution in [2.75, 3.05) is 38.8 Å². The summed E-state index contributed by atoms with van der Waals surface area (Å²) in [7, 11) is 3.65. The number of rotatable bonds is 5. The number of nitrogens with zero attached hydrogens (tertiary/aromatic N) is 2. The highest BCUT2D eigenvalue weighted by Crippen LogP contribution is 2.30. The number of nitrogens with one attached hydrogen (secondary N) is 1. The molecule has 7 heteroatoms. The Balaban J connectivity index is 1.60. The zero-order chi connectivity index (χ0) is 20.4. The molecule has 2 atom stereocenters. The molecule has 1 fully saturated rings. The lowest BCUT2D eigenvalue weighted by atomic mass is 9.98. The van der Waals surface area contributed by atoms with E-state index in [1.165, 1.54) is 5.56 Å². The van der Waals surface area contributed by atoms with Crippen LogP contribution < -0.4 is 15.0 Å². The van der Waals surface area contributed by atoms with Gasteiger partial charge in [-0.15, -0.1) is 0 Å². The molecule has 7 nitrogen and oxygen atoms in total. The van der Waals surface area contributed by atoms with Crippen molar-refractivity contribution in [3.8, 4) is 5.75 Å². The molecular formula is C22H27N3O4. The van der Waals surface area contributed by atoms with Gasteiger partial charge in [0.25, 0.3) is 5.91 Å². The molecule has 1 aromatic carbocycles. The minimum absolute atomic E-state index is 0.279. The molecule has 2 aliphatic rings. The van der Waals surface area contributed by atoms with Crippen LogP contribution in [0.4, 0.5) is 5.82 Å². The minimum atomic E-state index is -0.594. The van der Waals surface area contributed by atoms with E-state index in [0.29, 0.717) is 25.3 Å². The second-order valence-corrected chi connectivity index (χ2v) is 7.68. The number of carbonyl (C=O) groups is 1. The average molecular weight is 397 g/mol. The third kappa shape index (κ3) is 4.21. The Morgan fingerprint density at radius 3 is 2.90 bits per heavy atom. The molecule has 29 heavy (non-hydrogen) atoms. The van der Waals surface area contributed by atoms with Gasteiger partial charge >= 0.3 is 0 Å². The largest absolute Gasteiger partial charge is 0.497 e. The molecule has 2 aliphatic heterocycles. The second-order valence-electron chi connectivity index (χ2n) is 7.68. The number of benzene rings is 1. The molecule has 1 amide bonds. The van der Waals surface area contributed by atoms with Crippen molar-refractivity contribution in [3.63, 3.8) is 0 Å². The highest BCUT2D eigenvalue weighted by molar-refractivity contribution is 5.93. The first-order valence-corrected chi connectivity index (χ1v) is 9.98. The number of aliphatic hydroxyl groups is 1. The molecule has 2 aromatic rings. The van der Waals surface area contributed by atoms with E-state index in [9.17, 15) is 9.90 Å². The quantitative estimate of drug-likeness (QED) is 0.797. The topological polar surface area (TPSA) is 83.9 Å². The third-order valence-electron chi connectivity index (χ3n) is 5.68. The monoisotopic (exact) mass is 397 g/mol. The summed E-state index contributed by atoms with van der Waals surface area (Å²) >= 11 is 0. The standard InChI is InChI=1S/C22H27N3O4/c1-25-9-7-17-15(11-14-3-5-16(28-2)6-4-14)12-18(23-21(17)25)22(27)24-19-13-29-10-8-20(19)26/h3-6,12,19-20,26H,7-11,13H2,1-2H3,(H,24,27). The number of hydrogen-bond acceptors (Lipinski definition) is 6. The van der Waals surface area contributed by atoms with Crippen molar-refractivity contribution in [2.24, 2.45) is 0 Å². The summed E-state index contributed by atoms with van der Waals surface area (Å²) in [6.07, 6.45) is 1.57. The van der Waals surface area contributed by atoms with E-state index < -0.39 is 12.1 Å². The number of pyridine rings is 1. The molecule has 0 radical (unpaired) electrons. The minimum Gasteiger partial charge on any atom is -0.497 e. The van der Waals surface area contributed by atoms with Crippen LogP contribution >= 0.6 is 0 Å². The van der Waals surface area contributed by atoms with E-state index in [1.54, 1.807) is 7.11 Å². The number of amides is 1. The smallest absolute Gasteiger partial charge is 0.270 e. The number of methoxy groups -OCH3 is 1. The number of ether oxygens (including phenoxy) is 2. The van der Waals surface area contributed by atoms with E-state index in [2.05, 4.69) is 15.2 Å². The van der Waals surface area contributed by atoms with Gasteiger partial charge in [0.15, 0.2) is 0 Å². The summed E-state index contributed by atoms with van der Waals surface area (Å²) in [5.74, 6) is 1.40. The van der Waals surface area contributed by atoms with Gasteiger partial charge in [-0.3, -0.25) is 4.79 Å². The Kier molecular flexibility index (Phi) is 5.69. The molecule has 3 heterocycles. The van der Waals surface area contributed by atoms with E-state index in [0.717, 1.165) is 42.1 Å². The maximum absolute atomic E-state index is 12.9. The van der Waals surface area contributed by atoms with Gasteiger partial charge in [0.05, 0.1) is 25.9 Å². The van der Waals surface area contributed by atoms with Gasteiger partial charge in [-0.05, 0) is 48.6 Å². The Labute approximate surface area is 170 Å². The summed E-state index contributed by atoms with van der Waals surface area (Å²) in [5, 5.41) is 13.0. The molecule has 2 N–H and O–H groups in total. The summed E-state index contributed by atoms with van der Waals surface area (Å²) < 4.78 is 10.6. The van der Waals surface area contributed by atoms with Gasteiger partial charge in [-0.25, -0.2) is 4.98 Å². The molecule has 0 spiro atoms. The normalized spacial score (nSPS) is 21.0. The number of anilines is 1. The molecule has 0 saturated carbocycles. The SMILES string of the molecule is COc1ccc(Cc2cc(C(=O)NC3COCCC3O)nc3c2CCN3C)cc1. The summed E-state index contributed by atoms with van der Waals surface area (Å²) in [5.41, 5.74) is 3.83. The van der Waals surface area contributed by atoms with E-state index in [4.69, 9.17) is 9.47 Å². The van der Waals surface area contributed by atoms with Crippen LogP contribution in [0.25, 0.3) is 0 Å². The molecule has 1 aromatic heterocycles. The first kappa shape index (κ1) is 19.7. The van der Waals surface area contributed by atoms with Gasteiger partial charge in [-0.1, -0.05) is 12.1 Å². The van der Waals surface area contributed by atoms with Gasteiger partial charge in [0.1, 0.15) is 17.3 Å². The highest BCUT2D eigenvalue weighted by Gasteiger charge is 2.28. The van der Waals surface area contributed by atoms with Crippen molar-refractivity contribution in [3.05, 3.63) is 52.7 Å². The van der Waals surface area contributed by atoms with E-state index in [-0.39, 0.29) is 5.91 Å². The molecule has 2 unspecified atom stereocenters. The number of likely N-dealkylation sites (N-methyl/N-ethyl adjacent to an activating group) is 1. The Morgan fingerprint density at radius 2 is 2.17 bits per heavy atom. The molecule has 0 bridgehead atoms. The van der Waals surface area contributed by atoms with Crippen molar-refractivity contribution in [1.82, 2.24) is 10.3 Å². The molecule has 4 rings (SSSR count). The fraction of sp³-hybridized carbons (Fsp3) is 0.455. The Morgan fingerprint density at radius 1 is 1.38 bits per heavy atom. The van der Waals surface area contributed by atoms with Crippen LogP contribution in [0.1, 0.15) is 33.6 Å². The number of aromatic nitrogens is 1. The van der Waals surface area contributed by atoms with E-state index >= 15 is 0 Å². The number of hydrogen-bond donors (Lipinski definition) is 2. The predicted molar refractivity (Wildman–Crippen MR) is 110 cm³/mol. The first-order chi connectivity index (χ1) is 14.0. The van der Waals surface area contributed by atoms with Crippen LogP contribution in [0.3, 0.4) is 0 Å². The van der Waals surface area contributed by atoms with Gasteiger partial charge < -0.3 is 24.8 Å². The molecule has 0 aliphatic carbocycles. The van der Waals surface area contributed by atoms with Crippen LogP contribution in [0.5, 0.6) is 5.75 Å². The van der Waals surface area contributed by atoms with Gasteiger partial charge in [-0.2, -0.15) is 0 Å². The van der Waals surface area contributed by atoms with Gasteiger partial charge in [0, 0.05) is 25.8 Å². The summed E-state index contributed by atoms with van der Waals surface area (Å²) in [4.78, 5) is 19.6. The summed E-state index contributed by atoms with van der Waals surface area (Å²) in [6, 6.07) is 9.45. The fourth-order valence-electron chi connectivity index (χ4n) is 3.93. The number of fused-ring (bicyclic) bond motifs is 1. The molecular weight excluding hydrogens is 370 g/mol. The maximum Gasteiger partial charge on any atom is 0.270 e. The second kappa shape index (κ2) is 8.39. The zero-order valence-corrected chi connectivity index (χ0v) is 16.9. The number of carbonyl (C=O) groups excluding carboxylic acids is 1. The fourth-order valence-corrected chi connectivity index (χ4v) is 3.93. The van der Waals surface area contributed by atoms with Crippen molar-refractivity contribution >= 4 is 11.7 Å². The van der Waals surface area contributed by atoms with Crippen LogP contribution in [-0.2, 0) is 17.6 Å². The maximum atomic E-state index is 12.9. The van der Waals surface area contributed by atoms with Crippen LogP contribution in [0, 0.1) is 0 Å². The van der Waals surface area contributed by atoms with Crippen LogP contribution in [0.15, 0.2) is 30.3 Å². The lowest BCUT2D eigenvalue weighted by Gasteiger charge is -2.28. The van der Waals surface area contributed by atoms with Gasteiger partial charge in [0.2, 0.25) is 0 Å². The van der Waals surface area contributed by atoms with Crippen LogP contribution in [0.2, 0.25) is 0 Å². The number of aliphatic hydroxyl groups excluding tert-OH is 1. The Hall–Kier alpha value is -2.64.